The predicted molar refractivity (Wildman–Crippen MR) is 80.4 cm³/mol. The number of hydrogen-bond donors (Lipinski definition) is 0. The molecule has 1 aromatic carbocycles. The molecule has 22 heavy (non-hydrogen) atoms. The molecule has 1 aromatic rings. The third-order valence-electron chi connectivity index (χ3n) is 4.97. The van der Waals surface area contributed by atoms with Crippen molar-refractivity contribution in [2.45, 2.75) is 30.8 Å². The minimum atomic E-state index is -0.384. The van der Waals surface area contributed by atoms with Crippen molar-refractivity contribution in [3.63, 3.8) is 0 Å². The molecule has 0 radical (unpaired) electrons. The zero-order valence-electron chi connectivity index (χ0n) is 13.0. The Morgan fingerprint density at radius 2 is 2.00 bits per heavy atom. The van der Waals surface area contributed by atoms with Crippen LogP contribution in [0.25, 0.3) is 0 Å². The van der Waals surface area contributed by atoms with Gasteiger partial charge in [0.15, 0.2) is 0 Å². The Hall–Kier alpha value is -1.88. The van der Waals surface area contributed by atoms with Crippen LogP contribution in [0.1, 0.15) is 29.6 Å². The first kappa shape index (κ1) is 15.0. The minimum Gasteiger partial charge on any atom is -0.469 e. The number of carbonyl (C=O) groups is 2. The molecule has 0 unspecified atom stereocenters. The molecule has 118 valence electrons. The molecular weight excluding hydrogens is 282 g/mol. The van der Waals surface area contributed by atoms with Crippen LogP contribution >= 0.6 is 0 Å². The van der Waals surface area contributed by atoms with Gasteiger partial charge in [0, 0.05) is 18.7 Å². The van der Waals surface area contributed by atoms with Crippen LogP contribution in [0.5, 0.6) is 0 Å². The Morgan fingerprint density at radius 3 is 2.64 bits per heavy atom. The standard InChI is InChI=1S/C17H21NO4/c1-21-11-17-9-8-14(13(10-17)16(20)22-2)18(17)15(19)12-6-4-3-5-7-12/h3-7,13-14H,8-11H2,1-2H3/t13-,14-,17+/m1/s1. The SMILES string of the molecule is COC[C@]12CC[C@H]([C@H](C(=O)OC)C1)N2C(=O)c1ccccc1. The summed E-state index contributed by atoms with van der Waals surface area (Å²) in [6.07, 6.45) is 2.32. The molecule has 0 N–H and O–H groups in total. The number of hydrogen-bond acceptors (Lipinski definition) is 4. The molecule has 0 aromatic heterocycles. The first-order valence-electron chi connectivity index (χ1n) is 7.58. The molecule has 2 heterocycles. The molecule has 2 aliphatic rings. The summed E-state index contributed by atoms with van der Waals surface area (Å²) in [5.74, 6) is -0.498. The zero-order valence-corrected chi connectivity index (χ0v) is 13.0. The van der Waals surface area contributed by atoms with E-state index in [2.05, 4.69) is 0 Å². The van der Waals surface area contributed by atoms with Crippen LogP contribution in [0, 0.1) is 5.92 Å². The van der Waals surface area contributed by atoms with Crippen LogP contribution in [0.4, 0.5) is 0 Å². The summed E-state index contributed by atoms with van der Waals surface area (Å²) < 4.78 is 10.3. The average Bonchev–Trinajstić information content (AvgIpc) is 3.07. The molecule has 0 spiro atoms. The summed E-state index contributed by atoms with van der Waals surface area (Å²) in [6.45, 7) is 0.454. The maximum Gasteiger partial charge on any atom is 0.310 e. The number of amides is 1. The number of nitrogens with zero attached hydrogens (tertiary/aromatic N) is 1. The molecule has 1 amide bonds. The molecule has 5 heteroatoms. The van der Waals surface area contributed by atoms with E-state index >= 15 is 0 Å². The number of rotatable bonds is 4. The summed E-state index contributed by atoms with van der Waals surface area (Å²) in [5, 5.41) is 0. The van der Waals surface area contributed by atoms with Crippen LogP contribution in [0.3, 0.4) is 0 Å². The monoisotopic (exact) mass is 303 g/mol. The fourth-order valence-corrected chi connectivity index (χ4v) is 4.09. The van der Waals surface area contributed by atoms with E-state index in [9.17, 15) is 9.59 Å². The van der Waals surface area contributed by atoms with Crippen molar-refractivity contribution in [3.05, 3.63) is 35.9 Å². The largest absolute Gasteiger partial charge is 0.469 e. The Bertz CT molecular complexity index is 573. The third kappa shape index (κ3) is 2.20. The van der Waals surface area contributed by atoms with Gasteiger partial charge in [0.2, 0.25) is 0 Å². The van der Waals surface area contributed by atoms with Gasteiger partial charge in [-0.05, 0) is 31.4 Å². The molecule has 0 aliphatic carbocycles. The van der Waals surface area contributed by atoms with Crippen molar-refractivity contribution in [2.24, 2.45) is 5.92 Å². The number of carbonyl (C=O) groups excluding carboxylic acids is 2. The molecule has 2 fully saturated rings. The Labute approximate surface area is 130 Å². The van der Waals surface area contributed by atoms with Gasteiger partial charge in [-0.3, -0.25) is 9.59 Å². The van der Waals surface area contributed by atoms with Gasteiger partial charge in [0.25, 0.3) is 5.91 Å². The minimum absolute atomic E-state index is 0.0217. The highest BCUT2D eigenvalue weighted by Crippen LogP contribution is 2.50. The van der Waals surface area contributed by atoms with E-state index in [0.29, 0.717) is 18.6 Å². The molecule has 3 rings (SSSR count). The lowest BCUT2D eigenvalue weighted by molar-refractivity contribution is -0.146. The first-order chi connectivity index (χ1) is 10.6. The van der Waals surface area contributed by atoms with E-state index in [4.69, 9.17) is 9.47 Å². The van der Waals surface area contributed by atoms with E-state index in [1.165, 1.54) is 7.11 Å². The van der Waals surface area contributed by atoms with Crippen molar-refractivity contribution in [1.82, 2.24) is 4.90 Å². The summed E-state index contributed by atoms with van der Waals surface area (Å²) in [5.41, 5.74) is 0.269. The zero-order chi connectivity index (χ0) is 15.7. The lowest BCUT2D eigenvalue weighted by Crippen LogP contribution is -2.48. The average molecular weight is 303 g/mol. The maximum absolute atomic E-state index is 13.0. The second-order valence-electron chi connectivity index (χ2n) is 6.14. The molecule has 2 bridgehead atoms. The highest BCUT2D eigenvalue weighted by atomic mass is 16.5. The smallest absolute Gasteiger partial charge is 0.310 e. The van der Waals surface area contributed by atoms with E-state index in [1.54, 1.807) is 7.11 Å². The van der Waals surface area contributed by atoms with Crippen LogP contribution in [-0.2, 0) is 14.3 Å². The highest BCUT2D eigenvalue weighted by molar-refractivity contribution is 5.96. The van der Waals surface area contributed by atoms with Crippen LogP contribution in [-0.4, -0.2) is 49.2 Å². The van der Waals surface area contributed by atoms with E-state index in [1.807, 2.05) is 35.2 Å². The molecule has 0 saturated carbocycles. The lowest BCUT2D eigenvalue weighted by Gasteiger charge is -2.34. The number of ether oxygens (including phenoxy) is 2. The fraction of sp³-hybridized carbons (Fsp3) is 0.529. The number of methoxy groups -OCH3 is 2. The summed E-state index contributed by atoms with van der Waals surface area (Å²) in [6, 6.07) is 9.13. The van der Waals surface area contributed by atoms with Crippen LogP contribution < -0.4 is 0 Å². The number of fused-ring (bicyclic) bond motifs is 2. The van der Waals surface area contributed by atoms with Crippen molar-refractivity contribution in [1.29, 1.82) is 0 Å². The van der Waals surface area contributed by atoms with Gasteiger partial charge >= 0.3 is 5.97 Å². The van der Waals surface area contributed by atoms with Crippen molar-refractivity contribution in [2.75, 3.05) is 20.8 Å². The van der Waals surface area contributed by atoms with Gasteiger partial charge in [0.1, 0.15) is 0 Å². The van der Waals surface area contributed by atoms with Gasteiger partial charge in [-0.15, -0.1) is 0 Å². The van der Waals surface area contributed by atoms with Crippen LogP contribution in [0.2, 0.25) is 0 Å². The van der Waals surface area contributed by atoms with Gasteiger partial charge < -0.3 is 14.4 Å². The second kappa shape index (κ2) is 5.72. The topological polar surface area (TPSA) is 55.8 Å². The molecular formula is C17H21NO4. The second-order valence-corrected chi connectivity index (χ2v) is 6.14. The first-order valence-corrected chi connectivity index (χ1v) is 7.58. The summed E-state index contributed by atoms with van der Waals surface area (Å²) in [7, 11) is 3.04. The highest BCUT2D eigenvalue weighted by Gasteiger charge is 2.60. The Morgan fingerprint density at radius 1 is 1.27 bits per heavy atom. The normalized spacial score (nSPS) is 29.6. The van der Waals surface area contributed by atoms with Crippen LogP contribution in [0.15, 0.2) is 30.3 Å². The van der Waals surface area contributed by atoms with E-state index in [-0.39, 0.29) is 29.4 Å². The number of esters is 1. The summed E-state index contributed by atoms with van der Waals surface area (Å²) >= 11 is 0. The Balaban J connectivity index is 1.94. The molecule has 2 aliphatic heterocycles. The Kier molecular flexibility index (Phi) is 3.91. The van der Waals surface area contributed by atoms with E-state index in [0.717, 1.165) is 12.8 Å². The fourth-order valence-electron chi connectivity index (χ4n) is 4.09. The van der Waals surface area contributed by atoms with Crippen molar-refractivity contribution in [3.8, 4) is 0 Å². The number of benzene rings is 1. The maximum atomic E-state index is 13.0. The molecule has 2 saturated heterocycles. The molecule has 5 nitrogen and oxygen atoms in total. The third-order valence-corrected chi connectivity index (χ3v) is 4.97. The summed E-state index contributed by atoms with van der Waals surface area (Å²) in [4.78, 5) is 26.9. The van der Waals surface area contributed by atoms with Gasteiger partial charge in [-0.1, -0.05) is 18.2 Å². The quantitative estimate of drug-likeness (QED) is 0.797. The van der Waals surface area contributed by atoms with Gasteiger partial charge in [0.05, 0.1) is 25.2 Å². The molecule has 3 atom stereocenters. The lowest BCUT2D eigenvalue weighted by atomic mass is 9.81. The predicted octanol–water partition coefficient (Wildman–Crippen LogP) is 1.87. The van der Waals surface area contributed by atoms with Gasteiger partial charge in [-0.25, -0.2) is 0 Å². The van der Waals surface area contributed by atoms with Gasteiger partial charge in [-0.2, -0.15) is 0 Å². The van der Waals surface area contributed by atoms with E-state index < -0.39 is 0 Å². The van der Waals surface area contributed by atoms with Crippen molar-refractivity contribution >= 4 is 11.9 Å². The van der Waals surface area contributed by atoms with Crippen molar-refractivity contribution < 1.29 is 19.1 Å².